The SMILES string of the molecule is Nc1nc2cc(-c3ccccc3)cc(-c3cccc(C(=O)O)c3)c2c(=O)n1CC1CCCO1. The van der Waals surface area contributed by atoms with E-state index >= 15 is 0 Å². The van der Waals surface area contributed by atoms with E-state index in [0.29, 0.717) is 35.2 Å². The van der Waals surface area contributed by atoms with E-state index in [1.54, 1.807) is 18.2 Å². The van der Waals surface area contributed by atoms with Crippen LogP contribution in [0.5, 0.6) is 0 Å². The lowest BCUT2D eigenvalue weighted by Crippen LogP contribution is -2.29. The van der Waals surface area contributed by atoms with Crippen molar-refractivity contribution in [3.05, 3.63) is 82.6 Å². The van der Waals surface area contributed by atoms with Crippen molar-refractivity contribution < 1.29 is 14.6 Å². The Kier molecular flexibility index (Phi) is 5.40. The number of aromatic nitrogens is 2. The first-order valence-corrected chi connectivity index (χ1v) is 10.9. The molecule has 5 rings (SSSR count). The first-order chi connectivity index (χ1) is 16.0. The van der Waals surface area contributed by atoms with Gasteiger partial charge in [0.1, 0.15) is 0 Å². The van der Waals surface area contributed by atoms with Crippen LogP contribution in [0.15, 0.2) is 71.5 Å². The maximum atomic E-state index is 13.7. The normalized spacial score (nSPS) is 15.7. The van der Waals surface area contributed by atoms with Gasteiger partial charge in [0.25, 0.3) is 5.56 Å². The minimum atomic E-state index is -1.03. The van der Waals surface area contributed by atoms with Gasteiger partial charge < -0.3 is 15.6 Å². The lowest BCUT2D eigenvalue weighted by molar-refractivity contribution is 0.0697. The number of benzene rings is 3. The standard InChI is InChI=1S/C26H23N3O4/c27-26-28-22-14-19(16-6-2-1-3-7-16)13-21(17-8-4-9-18(12-17)25(31)32)23(22)24(30)29(26)15-20-10-5-11-33-20/h1-4,6-9,12-14,20H,5,10-11,15H2,(H2,27,28)(H,31,32). The summed E-state index contributed by atoms with van der Waals surface area (Å²) in [7, 11) is 0. The van der Waals surface area contributed by atoms with Crippen LogP contribution in [0, 0.1) is 0 Å². The van der Waals surface area contributed by atoms with Crippen LogP contribution in [0.1, 0.15) is 23.2 Å². The number of anilines is 1. The summed E-state index contributed by atoms with van der Waals surface area (Å²) in [6, 6.07) is 20.1. The highest BCUT2D eigenvalue weighted by Gasteiger charge is 2.21. The summed E-state index contributed by atoms with van der Waals surface area (Å²) in [5.74, 6) is -0.892. The quantitative estimate of drug-likeness (QED) is 0.481. The zero-order chi connectivity index (χ0) is 22.9. The Bertz CT molecular complexity index is 1410. The first kappa shape index (κ1) is 20.9. The molecule has 1 fully saturated rings. The van der Waals surface area contributed by atoms with Gasteiger partial charge in [0.2, 0.25) is 5.95 Å². The molecule has 3 aromatic carbocycles. The highest BCUT2D eigenvalue weighted by atomic mass is 16.5. The van der Waals surface area contributed by atoms with E-state index in [0.717, 1.165) is 24.0 Å². The Labute approximate surface area is 190 Å². The van der Waals surface area contributed by atoms with Crippen molar-refractivity contribution in [3.8, 4) is 22.3 Å². The first-order valence-electron chi connectivity index (χ1n) is 10.9. The van der Waals surface area contributed by atoms with Crippen molar-refractivity contribution in [1.29, 1.82) is 0 Å². The van der Waals surface area contributed by atoms with E-state index in [4.69, 9.17) is 10.5 Å². The zero-order valence-electron chi connectivity index (χ0n) is 17.9. The van der Waals surface area contributed by atoms with E-state index in [-0.39, 0.29) is 23.2 Å². The Hall–Kier alpha value is -3.97. The minimum absolute atomic E-state index is 0.0772. The van der Waals surface area contributed by atoms with Crippen LogP contribution in [-0.2, 0) is 11.3 Å². The molecular weight excluding hydrogens is 418 g/mol. The molecule has 1 aliphatic heterocycles. The Balaban J connectivity index is 1.78. The van der Waals surface area contributed by atoms with Crippen LogP contribution >= 0.6 is 0 Å². The number of fused-ring (bicyclic) bond motifs is 1. The fourth-order valence-corrected chi connectivity index (χ4v) is 4.38. The molecule has 1 unspecified atom stereocenters. The summed E-state index contributed by atoms with van der Waals surface area (Å²) in [4.78, 5) is 29.8. The molecule has 1 aromatic heterocycles. The number of aromatic carboxylic acids is 1. The summed E-state index contributed by atoms with van der Waals surface area (Å²) in [6.07, 6.45) is 1.74. The van der Waals surface area contributed by atoms with Gasteiger partial charge in [0, 0.05) is 6.61 Å². The van der Waals surface area contributed by atoms with Gasteiger partial charge in [-0.3, -0.25) is 9.36 Å². The number of rotatable bonds is 5. The predicted molar refractivity (Wildman–Crippen MR) is 127 cm³/mol. The van der Waals surface area contributed by atoms with E-state index in [9.17, 15) is 14.7 Å². The van der Waals surface area contributed by atoms with Crippen molar-refractivity contribution in [1.82, 2.24) is 9.55 Å². The van der Waals surface area contributed by atoms with Crippen molar-refractivity contribution in [2.45, 2.75) is 25.5 Å². The second-order valence-electron chi connectivity index (χ2n) is 8.19. The third-order valence-corrected chi connectivity index (χ3v) is 6.03. The van der Waals surface area contributed by atoms with Crippen LogP contribution < -0.4 is 11.3 Å². The summed E-state index contributed by atoms with van der Waals surface area (Å²) < 4.78 is 7.17. The van der Waals surface area contributed by atoms with Crippen molar-refractivity contribution in [2.24, 2.45) is 0 Å². The fraction of sp³-hybridized carbons (Fsp3) is 0.192. The van der Waals surface area contributed by atoms with Crippen LogP contribution in [-0.4, -0.2) is 33.3 Å². The van der Waals surface area contributed by atoms with Gasteiger partial charge in [0.15, 0.2) is 0 Å². The number of hydrogen-bond donors (Lipinski definition) is 2. The number of hydrogen-bond acceptors (Lipinski definition) is 5. The summed E-state index contributed by atoms with van der Waals surface area (Å²) in [5.41, 5.74) is 9.65. The molecule has 33 heavy (non-hydrogen) atoms. The summed E-state index contributed by atoms with van der Waals surface area (Å²) in [6.45, 7) is 1.01. The molecule has 7 heteroatoms. The number of carboxylic acids is 1. The van der Waals surface area contributed by atoms with E-state index < -0.39 is 5.97 Å². The van der Waals surface area contributed by atoms with Crippen molar-refractivity contribution in [2.75, 3.05) is 12.3 Å². The molecule has 0 saturated carbocycles. The Morgan fingerprint density at radius 1 is 1.06 bits per heavy atom. The van der Waals surface area contributed by atoms with Crippen LogP contribution in [0.25, 0.3) is 33.2 Å². The minimum Gasteiger partial charge on any atom is -0.478 e. The zero-order valence-corrected chi connectivity index (χ0v) is 17.9. The molecule has 0 spiro atoms. The van der Waals surface area contributed by atoms with Crippen LogP contribution in [0.2, 0.25) is 0 Å². The summed E-state index contributed by atoms with van der Waals surface area (Å²) in [5, 5.41) is 9.89. The largest absolute Gasteiger partial charge is 0.478 e. The number of nitrogens with zero attached hydrogens (tertiary/aromatic N) is 2. The third-order valence-electron chi connectivity index (χ3n) is 6.03. The van der Waals surface area contributed by atoms with E-state index in [1.807, 2.05) is 42.5 Å². The molecule has 166 valence electrons. The molecule has 1 saturated heterocycles. The number of carbonyl (C=O) groups is 1. The number of ether oxygens (including phenoxy) is 1. The Morgan fingerprint density at radius 2 is 1.85 bits per heavy atom. The molecule has 1 atom stereocenters. The monoisotopic (exact) mass is 441 g/mol. The van der Waals surface area contributed by atoms with Gasteiger partial charge in [-0.05, 0) is 59.4 Å². The van der Waals surface area contributed by atoms with Gasteiger partial charge in [0.05, 0.1) is 29.1 Å². The topological polar surface area (TPSA) is 107 Å². The third kappa shape index (κ3) is 3.99. The number of nitrogens with two attached hydrogens (primary N) is 1. The summed E-state index contributed by atoms with van der Waals surface area (Å²) >= 11 is 0. The highest BCUT2D eigenvalue weighted by Crippen LogP contribution is 2.33. The van der Waals surface area contributed by atoms with Crippen molar-refractivity contribution in [3.63, 3.8) is 0 Å². The second kappa shape index (κ2) is 8.52. The van der Waals surface area contributed by atoms with E-state index in [2.05, 4.69) is 4.98 Å². The van der Waals surface area contributed by atoms with Gasteiger partial charge in [-0.15, -0.1) is 0 Å². The number of carboxylic acid groups (broad SMARTS) is 1. The molecule has 1 aliphatic rings. The average molecular weight is 441 g/mol. The molecule has 3 N–H and O–H groups in total. The smallest absolute Gasteiger partial charge is 0.335 e. The van der Waals surface area contributed by atoms with Crippen LogP contribution in [0.4, 0.5) is 5.95 Å². The average Bonchev–Trinajstić information content (AvgIpc) is 3.35. The molecule has 0 aliphatic carbocycles. The highest BCUT2D eigenvalue weighted by molar-refractivity contribution is 5.99. The molecular formula is C26H23N3O4. The van der Waals surface area contributed by atoms with Gasteiger partial charge >= 0.3 is 5.97 Å². The van der Waals surface area contributed by atoms with Crippen LogP contribution in [0.3, 0.4) is 0 Å². The molecule has 2 heterocycles. The lowest BCUT2D eigenvalue weighted by atomic mass is 9.94. The van der Waals surface area contributed by atoms with E-state index in [1.165, 1.54) is 10.6 Å². The predicted octanol–water partition coefficient (Wildman–Crippen LogP) is 4.19. The Morgan fingerprint density at radius 3 is 2.58 bits per heavy atom. The maximum Gasteiger partial charge on any atom is 0.335 e. The molecule has 0 bridgehead atoms. The van der Waals surface area contributed by atoms with Gasteiger partial charge in [-0.2, -0.15) is 0 Å². The molecule has 0 radical (unpaired) electrons. The maximum absolute atomic E-state index is 13.7. The lowest BCUT2D eigenvalue weighted by Gasteiger charge is -2.17. The van der Waals surface area contributed by atoms with Gasteiger partial charge in [-0.1, -0.05) is 42.5 Å². The molecule has 7 nitrogen and oxygen atoms in total. The van der Waals surface area contributed by atoms with Gasteiger partial charge in [-0.25, -0.2) is 9.78 Å². The number of nitrogen functional groups attached to an aromatic ring is 1. The fourth-order valence-electron chi connectivity index (χ4n) is 4.38. The molecule has 4 aromatic rings. The second-order valence-corrected chi connectivity index (χ2v) is 8.19. The molecule has 0 amide bonds. The van der Waals surface area contributed by atoms with Crippen molar-refractivity contribution >= 4 is 22.8 Å².